The second-order valence-electron chi connectivity index (χ2n) is 3.83. The maximum atomic E-state index is 11.8. The zero-order valence-corrected chi connectivity index (χ0v) is 10.6. The molecule has 0 aromatic carbocycles. The van der Waals surface area contributed by atoms with Gasteiger partial charge in [0.25, 0.3) is 0 Å². The summed E-state index contributed by atoms with van der Waals surface area (Å²) in [6.07, 6.45) is 2.27. The summed E-state index contributed by atoms with van der Waals surface area (Å²) in [6, 6.07) is 4.18. The highest BCUT2D eigenvalue weighted by Crippen LogP contribution is 2.36. The Kier molecular flexibility index (Phi) is 2.94. The Morgan fingerprint density at radius 3 is 3.18 bits per heavy atom. The van der Waals surface area contributed by atoms with Crippen molar-refractivity contribution in [1.29, 1.82) is 0 Å². The van der Waals surface area contributed by atoms with Crippen LogP contribution in [0.2, 0.25) is 0 Å². The van der Waals surface area contributed by atoms with Crippen molar-refractivity contribution in [2.24, 2.45) is 0 Å². The summed E-state index contributed by atoms with van der Waals surface area (Å²) < 4.78 is 1.83. The molecule has 3 rings (SSSR count). The van der Waals surface area contributed by atoms with Crippen LogP contribution in [0.3, 0.4) is 0 Å². The van der Waals surface area contributed by atoms with E-state index in [1.165, 1.54) is 23.1 Å². The average molecular weight is 266 g/mol. The third-order valence-electron chi connectivity index (χ3n) is 2.48. The summed E-state index contributed by atoms with van der Waals surface area (Å²) in [7, 11) is 0. The first-order chi connectivity index (χ1) is 8.34. The van der Waals surface area contributed by atoms with E-state index in [1.807, 2.05) is 22.2 Å². The molecule has 5 nitrogen and oxygen atoms in total. The van der Waals surface area contributed by atoms with E-state index in [0.29, 0.717) is 11.8 Å². The highest BCUT2D eigenvalue weighted by Gasteiger charge is 2.28. The molecule has 0 unspecified atom stereocenters. The topological polar surface area (TPSA) is 60.7 Å². The van der Waals surface area contributed by atoms with Gasteiger partial charge in [0.15, 0.2) is 5.78 Å². The first-order valence-electron chi connectivity index (χ1n) is 5.32. The number of nitrogens with zero attached hydrogens (tertiary/aromatic N) is 4. The van der Waals surface area contributed by atoms with E-state index >= 15 is 0 Å². The lowest BCUT2D eigenvalue weighted by Crippen LogP contribution is -2.03. The fraction of sp³-hybridized carbons (Fsp3) is 0.400. The van der Waals surface area contributed by atoms with Crippen molar-refractivity contribution < 1.29 is 4.79 Å². The number of aromatic nitrogens is 4. The van der Waals surface area contributed by atoms with Gasteiger partial charge in [0.2, 0.25) is 5.16 Å². The molecule has 0 aliphatic heterocycles. The van der Waals surface area contributed by atoms with Crippen molar-refractivity contribution >= 4 is 28.9 Å². The fourth-order valence-corrected chi connectivity index (χ4v) is 3.05. The van der Waals surface area contributed by atoms with Gasteiger partial charge < -0.3 is 0 Å². The van der Waals surface area contributed by atoms with Gasteiger partial charge in [0.1, 0.15) is 0 Å². The Balaban J connectivity index is 1.64. The minimum atomic E-state index is 0.135. The number of Topliss-reactive ketones (excluding diaryl/α,β-unsaturated/α-hetero) is 1. The van der Waals surface area contributed by atoms with E-state index in [1.54, 1.807) is 0 Å². The van der Waals surface area contributed by atoms with Crippen molar-refractivity contribution in [3.05, 3.63) is 22.4 Å². The van der Waals surface area contributed by atoms with Gasteiger partial charge in [-0.15, -0.1) is 16.4 Å². The number of hydrogen-bond donors (Lipinski definition) is 0. The standard InChI is InChI=1S/C10H10N4OS2/c15-8(9-2-1-5-16-9)6-17-10-11-12-13-14(10)7-3-4-7/h1-2,5,7H,3-4,6H2. The van der Waals surface area contributed by atoms with Crippen LogP contribution in [0, 0.1) is 0 Å². The molecule has 2 heterocycles. The number of ketones is 1. The maximum absolute atomic E-state index is 11.8. The Morgan fingerprint density at radius 1 is 1.59 bits per heavy atom. The monoisotopic (exact) mass is 266 g/mol. The number of hydrogen-bond acceptors (Lipinski definition) is 6. The predicted molar refractivity (Wildman–Crippen MR) is 65.5 cm³/mol. The molecule has 1 aliphatic carbocycles. The number of carbonyl (C=O) groups excluding carboxylic acids is 1. The molecule has 17 heavy (non-hydrogen) atoms. The van der Waals surface area contributed by atoms with Gasteiger partial charge in [-0.3, -0.25) is 4.79 Å². The van der Waals surface area contributed by atoms with Gasteiger partial charge in [0, 0.05) is 0 Å². The van der Waals surface area contributed by atoms with Crippen molar-refractivity contribution in [3.63, 3.8) is 0 Å². The summed E-state index contributed by atoms with van der Waals surface area (Å²) in [5.74, 6) is 0.531. The molecule has 1 fully saturated rings. The number of thioether (sulfide) groups is 1. The number of tetrazole rings is 1. The Hall–Kier alpha value is -1.21. The van der Waals surface area contributed by atoms with Crippen LogP contribution in [0.1, 0.15) is 28.6 Å². The molecular formula is C10H10N4OS2. The summed E-state index contributed by atoms with van der Waals surface area (Å²) in [4.78, 5) is 12.6. The molecule has 0 saturated heterocycles. The molecule has 0 radical (unpaired) electrons. The van der Waals surface area contributed by atoms with Crippen molar-refractivity contribution in [2.45, 2.75) is 24.0 Å². The minimum Gasteiger partial charge on any atom is -0.292 e. The van der Waals surface area contributed by atoms with Gasteiger partial charge in [-0.05, 0) is 34.7 Å². The van der Waals surface area contributed by atoms with Crippen LogP contribution >= 0.6 is 23.1 Å². The normalized spacial score (nSPS) is 15.1. The second-order valence-corrected chi connectivity index (χ2v) is 5.72. The van der Waals surface area contributed by atoms with E-state index < -0.39 is 0 Å². The molecule has 1 aliphatic rings. The van der Waals surface area contributed by atoms with Crippen LogP contribution in [0.4, 0.5) is 0 Å². The van der Waals surface area contributed by atoms with Crippen LogP contribution in [0.5, 0.6) is 0 Å². The molecule has 2 aromatic heterocycles. The predicted octanol–water partition coefficient (Wildman–Crippen LogP) is 2.04. The first kappa shape index (κ1) is 10.9. The zero-order valence-electron chi connectivity index (χ0n) is 8.94. The van der Waals surface area contributed by atoms with Gasteiger partial charge >= 0.3 is 0 Å². The van der Waals surface area contributed by atoms with E-state index in [9.17, 15) is 4.79 Å². The molecule has 2 aromatic rings. The molecular weight excluding hydrogens is 256 g/mol. The minimum absolute atomic E-state index is 0.135. The van der Waals surface area contributed by atoms with Crippen LogP contribution in [-0.2, 0) is 0 Å². The Bertz CT molecular complexity index is 518. The third-order valence-corrected chi connectivity index (χ3v) is 4.33. The van der Waals surface area contributed by atoms with Crippen LogP contribution in [0.15, 0.2) is 22.7 Å². The second kappa shape index (κ2) is 4.58. The first-order valence-corrected chi connectivity index (χ1v) is 7.18. The molecule has 0 atom stereocenters. The fourth-order valence-electron chi connectivity index (χ4n) is 1.47. The summed E-state index contributed by atoms with van der Waals surface area (Å²) in [6.45, 7) is 0. The average Bonchev–Trinajstić information content (AvgIpc) is 2.87. The lowest BCUT2D eigenvalue weighted by molar-refractivity contribution is 0.102. The lowest BCUT2D eigenvalue weighted by atomic mass is 10.4. The molecule has 7 heteroatoms. The number of rotatable bonds is 5. The molecule has 0 N–H and O–H groups in total. The van der Waals surface area contributed by atoms with Crippen LogP contribution < -0.4 is 0 Å². The van der Waals surface area contributed by atoms with Crippen LogP contribution in [-0.4, -0.2) is 31.7 Å². The van der Waals surface area contributed by atoms with Crippen molar-refractivity contribution in [1.82, 2.24) is 20.2 Å². The Morgan fingerprint density at radius 2 is 2.47 bits per heavy atom. The van der Waals surface area contributed by atoms with E-state index in [0.717, 1.165) is 22.9 Å². The van der Waals surface area contributed by atoms with Crippen LogP contribution in [0.25, 0.3) is 0 Å². The summed E-state index contributed by atoms with van der Waals surface area (Å²) in [5.41, 5.74) is 0. The van der Waals surface area contributed by atoms with Gasteiger partial charge in [0.05, 0.1) is 16.7 Å². The Labute approximate surface area is 106 Å². The van der Waals surface area contributed by atoms with E-state index in [2.05, 4.69) is 15.5 Å². The van der Waals surface area contributed by atoms with E-state index in [4.69, 9.17) is 0 Å². The van der Waals surface area contributed by atoms with Crippen molar-refractivity contribution in [3.8, 4) is 0 Å². The quantitative estimate of drug-likeness (QED) is 0.612. The summed E-state index contributed by atoms with van der Waals surface area (Å²) >= 11 is 2.88. The van der Waals surface area contributed by atoms with E-state index in [-0.39, 0.29) is 5.78 Å². The largest absolute Gasteiger partial charge is 0.292 e. The SMILES string of the molecule is O=C(CSc1nnnn1C1CC1)c1cccs1. The molecule has 1 saturated carbocycles. The highest BCUT2D eigenvalue weighted by molar-refractivity contribution is 7.99. The van der Waals surface area contributed by atoms with Gasteiger partial charge in [-0.2, -0.15) is 0 Å². The highest BCUT2D eigenvalue weighted by atomic mass is 32.2. The molecule has 0 amide bonds. The summed E-state index contributed by atoms with van der Waals surface area (Å²) in [5, 5.41) is 14.2. The molecule has 88 valence electrons. The smallest absolute Gasteiger partial charge is 0.210 e. The maximum Gasteiger partial charge on any atom is 0.210 e. The number of carbonyl (C=O) groups is 1. The molecule has 0 spiro atoms. The number of thiophene rings is 1. The third kappa shape index (κ3) is 2.39. The van der Waals surface area contributed by atoms with Crippen molar-refractivity contribution in [2.75, 3.05) is 5.75 Å². The van der Waals surface area contributed by atoms with Gasteiger partial charge in [-0.25, -0.2) is 4.68 Å². The zero-order chi connectivity index (χ0) is 11.7. The van der Waals surface area contributed by atoms with Gasteiger partial charge in [-0.1, -0.05) is 17.8 Å². The molecule has 0 bridgehead atoms. The lowest BCUT2D eigenvalue weighted by Gasteiger charge is -2.00.